The molecule has 256 valence electrons. The largest absolute Gasteiger partial charge is 0.378 e. The summed E-state index contributed by atoms with van der Waals surface area (Å²) in [6.07, 6.45) is 37.5. The van der Waals surface area contributed by atoms with Crippen molar-refractivity contribution >= 4 is 0 Å². The first kappa shape index (κ1) is 35.2. The lowest BCUT2D eigenvalue weighted by molar-refractivity contribution is -0.671. The van der Waals surface area contributed by atoms with E-state index >= 15 is 0 Å². The van der Waals surface area contributed by atoms with Gasteiger partial charge in [-0.2, -0.15) is 0 Å². The summed E-state index contributed by atoms with van der Waals surface area (Å²) in [6.45, 7) is 15.0. The molecule has 3 heteroatoms. The van der Waals surface area contributed by atoms with E-state index in [4.69, 9.17) is 4.74 Å². The van der Waals surface area contributed by atoms with E-state index in [0.29, 0.717) is 16.9 Å². The number of unbranched alkanes of at least 4 members (excludes halogenated alkanes) is 8. The van der Waals surface area contributed by atoms with Crippen molar-refractivity contribution in [3.63, 3.8) is 0 Å². The van der Waals surface area contributed by atoms with Crippen molar-refractivity contribution in [3.05, 3.63) is 30.4 Å². The average Bonchev–Trinajstić information content (AvgIpc) is 3.59. The lowest BCUT2D eigenvalue weighted by Gasteiger charge is -2.58. The second-order valence-corrected chi connectivity index (χ2v) is 17.5. The van der Waals surface area contributed by atoms with E-state index in [1.54, 1.807) is 5.57 Å². The number of aromatic nitrogens is 2. The van der Waals surface area contributed by atoms with Crippen molar-refractivity contribution in [1.29, 1.82) is 0 Å². The highest BCUT2D eigenvalue weighted by Crippen LogP contribution is 2.67. The fourth-order valence-corrected chi connectivity index (χ4v) is 11.3. The normalized spacial score (nSPS) is 33.5. The van der Waals surface area contributed by atoms with E-state index in [0.717, 1.165) is 48.7 Å². The van der Waals surface area contributed by atoms with Crippen molar-refractivity contribution in [1.82, 2.24) is 4.57 Å². The van der Waals surface area contributed by atoms with Crippen molar-refractivity contribution in [2.45, 2.75) is 176 Å². The minimum Gasteiger partial charge on any atom is -0.378 e. The quantitative estimate of drug-likeness (QED) is 0.0906. The maximum absolute atomic E-state index is 6.55. The molecule has 5 rings (SSSR count). The second-order valence-electron chi connectivity index (χ2n) is 17.5. The van der Waals surface area contributed by atoms with E-state index in [1.807, 2.05) is 0 Å². The van der Waals surface area contributed by atoms with Gasteiger partial charge in [-0.3, -0.25) is 0 Å². The highest BCUT2D eigenvalue weighted by atomic mass is 16.5. The third-order valence-electron chi connectivity index (χ3n) is 14.0. The van der Waals surface area contributed by atoms with Gasteiger partial charge in [0.15, 0.2) is 0 Å². The summed E-state index contributed by atoms with van der Waals surface area (Å²) in [6, 6.07) is 0. The summed E-state index contributed by atoms with van der Waals surface area (Å²) >= 11 is 0. The molecule has 4 aliphatic rings. The molecule has 1 aromatic heterocycles. The molecule has 0 bridgehead atoms. The molecular weight excluding hydrogens is 548 g/mol. The van der Waals surface area contributed by atoms with Crippen LogP contribution in [0.5, 0.6) is 0 Å². The van der Waals surface area contributed by atoms with Crippen LogP contribution in [0.1, 0.15) is 163 Å². The van der Waals surface area contributed by atoms with Crippen molar-refractivity contribution < 1.29 is 9.30 Å². The summed E-state index contributed by atoms with van der Waals surface area (Å²) in [5, 5.41) is 0. The molecule has 3 saturated carbocycles. The van der Waals surface area contributed by atoms with Crippen molar-refractivity contribution in [2.75, 3.05) is 6.61 Å². The first-order valence-corrected chi connectivity index (χ1v) is 20.0. The zero-order chi connectivity index (χ0) is 31.9. The predicted octanol–water partition coefficient (Wildman–Crippen LogP) is 11.3. The summed E-state index contributed by atoms with van der Waals surface area (Å²) in [4.78, 5) is 0. The molecule has 0 aromatic carbocycles. The molecule has 0 unspecified atom stereocenters. The molecule has 0 saturated heterocycles. The van der Waals surface area contributed by atoms with Crippen LogP contribution in [0, 0.1) is 46.3 Å². The predicted molar refractivity (Wildman–Crippen MR) is 190 cm³/mol. The number of fused-ring (bicyclic) bond motifs is 5. The monoisotopic (exact) mass is 622 g/mol. The molecular formula is C42H73N2O+. The van der Waals surface area contributed by atoms with Crippen LogP contribution >= 0.6 is 0 Å². The smallest absolute Gasteiger partial charge is 0.243 e. The fraction of sp³-hybridized carbons (Fsp3) is 0.881. The van der Waals surface area contributed by atoms with E-state index in [1.165, 1.54) is 128 Å². The summed E-state index contributed by atoms with van der Waals surface area (Å²) in [5.41, 5.74) is 2.84. The number of nitrogens with zero attached hydrogens (tertiary/aromatic N) is 2. The van der Waals surface area contributed by atoms with Crippen LogP contribution in [0.25, 0.3) is 0 Å². The lowest BCUT2D eigenvalue weighted by atomic mass is 9.47. The molecule has 0 N–H and O–H groups in total. The van der Waals surface area contributed by atoms with E-state index < -0.39 is 0 Å². The van der Waals surface area contributed by atoms with Gasteiger partial charge in [-0.1, -0.05) is 104 Å². The van der Waals surface area contributed by atoms with Crippen molar-refractivity contribution in [2.24, 2.45) is 53.4 Å². The molecule has 1 heterocycles. The Morgan fingerprint density at radius 1 is 0.844 bits per heavy atom. The highest BCUT2D eigenvalue weighted by molar-refractivity contribution is 5.25. The number of allylic oxidation sites excluding steroid dienone is 1. The molecule has 0 spiro atoms. The Morgan fingerprint density at radius 3 is 2.29 bits per heavy atom. The Morgan fingerprint density at radius 2 is 1.58 bits per heavy atom. The molecule has 0 aliphatic heterocycles. The third kappa shape index (κ3) is 8.69. The topological polar surface area (TPSA) is 18.0 Å². The number of hydrogen-bond acceptors (Lipinski definition) is 1. The van der Waals surface area contributed by atoms with Crippen LogP contribution in [0.2, 0.25) is 0 Å². The Bertz CT molecular complexity index is 1060. The summed E-state index contributed by atoms with van der Waals surface area (Å²) < 4.78 is 11.0. The standard InChI is InChI=1S/C42H73N2O/c1-33(2)17-16-18-34(3)38-21-22-39-37-20-19-35-31-36(23-25-41(35,4)40(37)24-26-42(38,39)5)45-30-15-13-11-9-7-8-10-12-14-27-44-29-28-43(6)32-44/h19,28-29,32-34,36-40H,7-18,20-27,30-31H2,1-6H3/q+1/t34-,36+,37+,38-,39+,40+,41+,42-/m1/s1. The minimum absolute atomic E-state index is 0.450. The average molecular weight is 622 g/mol. The maximum Gasteiger partial charge on any atom is 0.243 e. The van der Waals surface area contributed by atoms with Crippen molar-refractivity contribution in [3.8, 4) is 0 Å². The Balaban J connectivity index is 0.967. The molecule has 0 radical (unpaired) electrons. The van der Waals surface area contributed by atoms with Gasteiger partial charge in [-0.25, -0.2) is 9.13 Å². The highest BCUT2D eigenvalue weighted by Gasteiger charge is 2.59. The van der Waals surface area contributed by atoms with Gasteiger partial charge < -0.3 is 4.74 Å². The van der Waals surface area contributed by atoms with E-state index in [-0.39, 0.29) is 0 Å². The lowest BCUT2D eigenvalue weighted by Crippen LogP contribution is -2.51. The summed E-state index contributed by atoms with van der Waals surface area (Å²) in [5.74, 6) is 5.57. The van der Waals surface area contributed by atoms with Crippen LogP contribution in [-0.4, -0.2) is 17.3 Å². The first-order valence-electron chi connectivity index (χ1n) is 20.0. The fourth-order valence-electron chi connectivity index (χ4n) is 11.3. The van der Waals surface area contributed by atoms with Crippen LogP contribution in [0.4, 0.5) is 0 Å². The molecule has 45 heavy (non-hydrogen) atoms. The van der Waals surface area contributed by atoms with E-state index in [2.05, 4.69) is 75.6 Å². The van der Waals surface area contributed by atoms with Crippen LogP contribution in [0.3, 0.4) is 0 Å². The van der Waals surface area contributed by atoms with Gasteiger partial charge in [0, 0.05) is 6.61 Å². The second kappa shape index (κ2) is 16.3. The van der Waals surface area contributed by atoms with Gasteiger partial charge in [0.25, 0.3) is 0 Å². The molecule has 8 atom stereocenters. The number of imidazole rings is 1. The Kier molecular flexibility index (Phi) is 12.8. The molecule has 3 nitrogen and oxygen atoms in total. The van der Waals surface area contributed by atoms with Gasteiger partial charge in [-0.15, -0.1) is 0 Å². The molecule has 4 aliphatic carbocycles. The van der Waals surface area contributed by atoms with Crippen LogP contribution in [0.15, 0.2) is 30.4 Å². The van der Waals surface area contributed by atoms with Crippen LogP contribution < -0.4 is 4.57 Å². The number of ether oxygens (including phenoxy) is 1. The minimum atomic E-state index is 0.450. The number of rotatable bonds is 18. The van der Waals surface area contributed by atoms with Gasteiger partial charge in [0.1, 0.15) is 12.4 Å². The molecule has 3 fully saturated rings. The van der Waals surface area contributed by atoms with Gasteiger partial charge >= 0.3 is 0 Å². The Labute approximate surface area is 279 Å². The summed E-state index contributed by atoms with van der Waals surface area (Å²) in [7, 11) is 2.10. The van der Waals surface area contributed by atoms with Gasteiger partial charge in [0.2, 0.25) is 6.33 Å². The maximum atomic E-state index is 6.55. The van der Waals surface area contributed by atoms with Crippen LogP contribution in [-0.2, 0) is 18.3 Å². The molecule has 0 amide bonds. The van der Waals surface area contributed by atoms with Gasteiger partial charge in [0.05, 0.1) is 19.7 Å². The number of hydrogen-bond donors (Lipinski definition) is 0. The van der Waals surface area contributed by atoms with Gasteiger partial charge in [-0.05, 0) is 117 Å². The first-order chi connectivity index (χ1) is 21.7. The SMILES string of the molecule is CC(C)CCC[C@@H](C)[C@H]1CC[C@H]2[C@@H]3CC=C4C[C@@H](OCCCCCCCCCCCn5cc[n+](C)c5)CC[C@]4(C)[C@H]3CC[C@]12C. The zero-order valence-electron chi connectivity index (χ0n) is 30.7. The third-order valence-corrected chi connectivity index (χ3v) is 14.0. The Hall–Kier alpha value is -1.09. The number of aryl methyl sites for hydroxylation is 2. The van der Waals surface area contributed by atoms with E-state index in [9.17, 15) is 0 Å². The zero-order valence-corrected chi connectivity index (χ0v) is 30.7. The molecule has 1 aromatic rings.